The fourth-order valence-electron chi connectivity index (χ4n) is 1.34. The molecule has 0 saturated heterocycles. The van der Waals surface area contributed by atoms with Gasteiger partial charge in [0.1, 0.15) is 5.82 Å². The second kappa shape index (κ2) is 6.56. The zero-order chi connectivity index (χ0) is 13.2. The van der Waals surface area contributed by atoms with Gasteiger partial charge >= 0.3 is 6.18 Å². The lowest BCUT2D eigenvalue weighted by molar-refractivity contribution is -0.137. The average molecular weight is 308 g/mol. The fourth-order valence-corrected chi connectivity index (χ4v) is 1.57. The average Bonchev–Trinajstić information content (AvgIpc) is 2.20. The van der Waals surface area contributed by atoms with Gasteiger partial charge in [-0.2, -0.15) is 13.2 Å². The summed E-state index contributed by atoms with van der Waals surface area (Å²) in [6.07, 6.45) is -4.67. The molecule has 0 amide bonds. The molecule has 1 rings (SSSR count). The van der Waals surface area contributed by atoms with Gasteiger partial charge in [-0.3, -0.25) is 0 Å². The Labute approximate surface area is 112 Å². The van der Waals surface area contributed by atoms with Crippen LogP contribution in [0.4, 0.5) is 17.6 Å². The second-order valence-corrected chi connectivity index (χ2v) is 3.89. The maximum Gasteiger partial charge on any atom is 0.416 e. The van der Waals surface area contributed by atoms with Gasteiger partial charge in [-0.25, -0.2) is 4.39 Å². The van der Waals surface area contributed by atoms with E-state index < -0.39 is 28.6 Å². The van der Waals surface area contributed by atoms with Crippen LogP contribution in [0.5, 0.6) is 0 Å². The maximum absolute atomic E-state index is 13.5. The molecule has 0 saturated carbocycles. The highest BCUT2D eigenvalue weighted by Crippen LogP contribution is 2.35. The number of nitrogens with two attached hydrogens (primary N) is 1. The van der Waals surface area contributed by atoms with E-state index in [1.807, 2.05) is 0 Å². The monoisotopic (exact) mass is 307 g/mol. The van der Waals surface area contributed by atoms with Crippen molar-refractivity contribution in [3.8, 4) is 0 Å². The summed E-state index contributed by atoms with van der Waals surface area (Å²) in [6, 6.07) is 0.0907. The minimum absolute atomic E-state index is 0. The Balaban J connectivity index is 0.00000289. The Morgan fingerprint density at radius 3 is 2.33 bits per heavy atom. The van der Waals surface area contributed by atoms with Crippen LogP contribution in [0.2, 0.25) is 5.02 Å². The molecule has 3 N–H and O–H groups in total. The Morgan fingerprint density at radius 2 is 1.89 bits per heavy atom. The van der Waals surface area contributed by atoms with Crippen molar-refractivity contribution in [2.75, 3.05) is 6.61 Å². The summed E-state index contributed by atoms with van der Waals surface area (Å²) < 4.78 is 50.9. The van der Waals surface area contributed by atoms with Gasteiger partial charge in [0.05, 0.1) is 10.6 Å². The summed E-state index contributed by atoms with van der Waals surface area (Å²) >= 11 is 5.38. The van der Waals surface area contributed by atoms with Crippen molar-refractivity contribution < 1.29 is 22.7 Å². The molecule has 0 radical (unpaired) electrons. The third-order valence-corrected chi connectivity index (χ3v) is 2.50. The highest BCUT2D eigenvalue weighted by Gasteiger charge is 2.32. The minimum atomic E-state index is -4.62. The van der Waals surface area contributed by atoms with E-state index in [4.69, 9.17) is 22.4 Å². The summed E-state index contributed by atoms with van der Waals surface area (Å²) in [5.41, 5.74) is 4.05. The lowest BCUT2D eigenvalue weighted by atomic mass is 10.0. The van der Waals surface area contributed by atoms with Crippen molar-refractivity contribution in [1.82, 2.24) is 0 Å². The number of benzene rings is 1. The number of alkyl halides is 3. The number of hydrogen-bond acceptors (Lipinski definition) is 2. The first kappa shape index (κ1) is 17.4. The zero-order valence-electron chi connectivity index (χ0n) is 8.97. The number of halogens is 6. The Bertz CT molecular complexity index is 412. The van der Waals surface area contributed by atoms with E-state index >= 15 is 0 Å². The second-order valence-electron chi connectivity index (χ2n) is 3.48. The molecule has 1 unspecified atom stereocenters. The van der Waals surface area contributed by atoms with Gasteiger partial charge in [-0.1, -0.05) is 11.6 Å². The summed E-state index contributed by atoms with van der Waals surface area (Å²) in [7, 11) is 0. The predicted octanol–water partition coefficient (Wildman–Crippen LogP) is 3.30. The number of hydrogen-bond donors (Lipinski definition) is 2. The van der Waals surface area contributed by atoms with Gasteiger partial charge in [0.2, 0.25) is 0 Å². The van der Waals surface area contributed by atoms with Crippen LogP contribution in [0.25, 0.3) is 0 Å². The van der Waals surface area contributed by atoms with Gasteiger partial charge in [0, 0.05) is 18.2 Å². The third kappa shape index (κ3) is 3.98. The molecule has 1 aromatic rings. The van der Waals surface area contributed by atoms with Crippen LogP contribution >= 0.6 is 24.0 Å². The van der Waals surface area contributed by atoms with E-state index in [-0.39, 0.29) is 31.0 Å². The molecule has 0 bridgehead atoms. The van der Waals surface area contributed by atoms with Crippen molar-refractivity contribution in [2.45, 2.75) is 18.6 Å². The van der Waals surface area contributed by atoms with E-state index in [0.29, 0.717) is 12.1 Å². The first-order chi connectivity index (χ1) is 7.77. The third-order valence-electron chi connectivity index (χ3n) is 2.22. The van der Waals surface area contributed by atoms with Crippen molar-refractivity contribution in [1.29, 1.82) is 0 Å². The van der Waals surface area contributed by atoms with Gasteiger partial charge < -0.3 is 10.8 Å². The topological polar surface area (TPSA) is 46.2 Å². The molecule has 1 atom stereocenters. The van der Waals surface area contributed by atoms with E-state index in [9.17, 15) is 17.6 Å². The van der Waals surface area contributed by atoms with E-state index in [1.165, 1.54) is 0 Å². The Kier molecular flexibility index (Phi) is 6.36. The predicted molar refractivity (Wildman–Crippen MR) is 62.3 cm³/mol. The van der Waals surface area contributed by atoms with Crippen molar-refractivity contribution in [3.05, 3.63) is 34.1 Å². The van der Waals surface area contributed by atoms with Crippen LogP contribution in [0.15, 0.2) is 12.1 Å². The minimum Gasteiger partial charge on any atom is -0.396 e. The fraction of sp³-hybridized carbons (Fsp3) is 0.400. The van der Waals surface area contributed by atoms with Crippen LogP contribution < -0.4 is 5.73 Å². The SMILES string of the molecule is Cl.NC(CCO)c1cc(C(F)(F)F)cc(Cl)c1F. The molecule has 104 valence electrons. The zero-order valence-corrected chi connectivity index (χ0v) is 10.5. The van der Waals surface area contributed by atoms with Crippen LogP contribution in [0, 0.1) is 5.82 Å². The maximum atomic E-state index is 13.5. The highest BCUT2D eigenvalue weighted by molar-refractivity contribution is 6.30. The summed E-state index contributed by atoms with van der Waals surface area (Å²) in [6.45, 7) is -0.353. The standard InChI is InChI=1S/C10H10ClF4NO.ClH/c11-7-4-5(10(13,14)15)3-6(9(7)12)8(16)1-2-17;/h3-4,8,17H,1-2,16H2;1H. The van der Waals surface area contributed by atoms with Crippen LogP contribution in [-0.2, 0) is 6.18 Å². The largest absolute Gasteiger partial charge is 0.416 e. The van der Waals surface area contributed by atoms with E-state index in [1.54, 1.807) is 0 Å². The van der Waals surface area contributed by atoms with Crippen LogP contribution in [-0.4, -0.2) is 11.7 Å². The van der Waals surface area contributed by atoms with E-state index in [2.05, 4.69) is 0 Å². The smallest absolute Gasteiger partial charge is 0.396 e. The van der Waals surface area contributed by atoms with Gasteiger partial charge in [0.25, 0.3) is 0 Å². The van der Waals surface area contributed by atoms with Crippen molar-refractivity contribution in [3.63, 3.8) is 0 Å². The van der Waals surface area contributed by atoms with Crippen LogP contribution in [0.3, 0.4) is 0 Å². The normalized spacial score (nSPS) is 13.1. The van der Waals surface area contributed by atoms with Gasteiger partial charge in [0.15, 0.2) is 0 Å². The molecule has 0 aliphatic heterocycles. The molecule has 8 heteroatoms. The molecule has 1 aromatic carbocycles. The lowest BCUT2D eigenvalue weighted by Gasteiger charge is -2.15. The molecule has 0 spiro atoms. The Morgan fingerprint density at radius 1 is 1.33 bits per heavy atom. The number of aliphatic hydroxyl groups is 1. The molecule has 0 aliphatic rings. The molecular weight excluding hydrogens is 297 g/mol. The lowest BCUT2D eigenvalue weighted by Crippen LogP contribution is -2.16. The number of rotatable bonds is 3. The van der Waals surface area contributed by atoms with Crippen molar-refractivity contribution >= 4 is 24.0 Å². The molecule has 0 aromatic heterocycles. The van der Waals surface area contributed by atoms with Gasteiger partial charge in [-0.05, 0) is 18.6 Å². The quantitative estimate of drug-likeness (QED) is 0.842. The first-order valence-electron chi connectivity index (χ1n) is 4.70. The highest BCUT2D eigenvalue weighted by atomic mass is 35.5. The molecule has 2 nitrogen and oxygen atoms in total. The number of aliphatic hydroxyl groups excluding tert-OH is 1. The van der Waals surface area contributed by atoms with Crippen LogP contribution in [0.1, 0.15) is 23.6 Å². The summed E-state index contributed by atoms with van der Waals surface area (Å²) in [5.74, 6) is -0.986. The summed E-state index contributed by atoms with van der Waals surface area (Å²) in [5, 5.41) is 7.99. The molecule has 0 aliphatic carbocycles. The van der Waals surface area contributed by atoms with Gasteiger partial charge in [-0.15, -0.1) is 12.4 Å². The Hall–Kier alpha value is -0.560. The molecular formula is C10H11Cl2F4NO. The van der Waals surface area contributed by atoms with E-state index in [0.717, 1.165) is 0 Å². The first-order valence-corrected chi connectivity index (χ1v) is 5.07. The van der Waals surface area contributed by atoms with Crippen molar-refractivity contribution in [2.24, 2.45) is 5.73 Å². The molecule has 18 heavy (non-hydrogen) atoms. The molecule has 0 heterocycles. The molecule has 0 fully saturated rings. The summed E-state index contributed by atoms with van der Waals surface area (Å²) in [4.78, 5) is 0.